The molecule has 1 saturated heterocycles. The Hall–Kier alpha value is 0.230. The average Bonchev–Trinajstić information content (AvgIpc) is 2.63. The third kappa shape index (κ3) is 3.12. The van der Waals surface area contributed by atoms with E-state index in [9.17, 15) is 0 Å². The zero-order valence-electron chi connectivity index (χ0n) is 7.83. The summed E-state index contributed by atoms with van der Waals surface area (Å²) in [6.45, 7) is 0.864. The Morgan fingerprint density at radius 2 is 2.57 bits per heavy atom. The smallest absolute Gasteiger partial charge is 0.113 e. The molecule has 1 N–H and O–H groups in total. The van der Waals surface area contributed by atoms with Crippen molar-refractivity contribution in [2.75, 3.05) is 11.5 Å². The molecular weight excluding hydrogens is 236 g/mol. The SMILES string of the molecule is Clc1cnc(CNC2CCCSC2)s1. The molecule has 0 saturated carbocycles. The van der Waals surface area contributed by atoms with Crippen LogP contribution in [0, 0.1) is 0 Å². The van der Waals surface area contributed by atoms with Crippen LogP contribution in [0.2, 0.25) is 4.34 Å². The zero-order valence-corrected chi connectivity index (χ0v) is 10.2. The highest BCUT2D eigenvalue weighted by Gasteiger charge is 2.13. The third-order valence-electron chi connectivity index (χ3n) is 2.23. The van der Waals surface area contributed by atoms with E-state index < -0.39 is 0 Å². The maximum atomic E-state index is 5.81. The first kappa shape index (κ1) is 10.7. The Kier molecular flexibility index (Phi) is 4.10. The van der Waals surface area contributed by atoms with Crippen molar-refractivity contribution in [1.29, 1.82) is 0 Å². The van der Waals surface area contributed by atoms with E-state index in [2.05, 4.69) is 10.3 Å². The van der Waals surface area contributed by atoms with Gasteiger partial charge in [-0.05, 0) is 18.6 Å². The van der Waals surface area contributed by atoms with Crippen molar-refractivity contribution in [2.24, 2.45) is 0 Å². The number of nitrogens with zero attached hydrogens (tertiary/aromatic N) is 1. The molecule has 2 rings (SSSR count). The summed E-state index contributed by atoms with van der Waals surface area (Å²) in [6, 6.07) is 0.663. The molecular formula is C9H13ClN2S2. The lowest BCUT2D eigenvalue weighted by molar-refractivity contribution is 0.507. The molecule has 5 heteroatoms. The molecule has 0 aliphatic carbocycles. The van der Waals surface area contributed by atoms with Crippen LogP contribution >= 0.6 is 34.7 Å². The van der Waals surface area contributed by atoms with Gasteiger partial charge in [-0.25, -0.2) is 4.98 Å². The molecule has 1 atom stereocenters. The first-order chi connectivity index (χ1) is 6.84. The molecule has 14 heavy (non-hydrogen) atoms. The number of aromatic nitrogens is 1. The van der Waals surface area contributed by atoms with Crippen molar-refractivity contribution in [3.63, 3.8) is 0 Å². The van der Waals surface area contributed by atoms with Gasteiger partial charge in [-0.3, -0.25) is 0 Å². The van der Waals surface area contributed by atoms with Crippen molar-refractivity contribution in [3.8, 4) is 0 Å². The van der Waals surface area contributed by atoms with E-state index in [4.69, 9.17) is 11.6 Å². The minimum atomic E-state index is 0.663. The summed E-state index contributed by atoms with van der Waals surface area (Å²) in [5.74, 6) is 2.56. The van der Waals surface area contributed by atoms with Gasteiger partial charge in [0.1, 0.15) is 9.34 Å². The fourth-order valence-electron chi connectivity index (χ4n) is 1.50. The molecule has 0 aromatic carbocycles. The van der Waals surface area contributed by atoms with E-state index in [0.29, 0.717) is 6.04 Å². The number of rotatable bonds is 3. The molecule has 2 nitrogen and oxygen atoms in total. The van der Waals surface area contributed by atoms with Crippen LogP contribution in [0.5, 0.6) is 0 Å². The number of hydrogen-bond donors (Lipinski definition) is 1. The molecule has 1 aliphatic rings. The molecule has 1 aromatic rings. The molecule has 2 heterocycles. The van der Waals surface area contributed by atoms with Gasteiger partial charge < -0.3 is 5.32 Å². The van der Waals surface area contributed by atoms with Gasteiger partial charge in [-0.2, -0.15) is 11.8 Å². The van der Waals surface area contributed by atoms with Crippen LogP contribution in [0.25, 0.3) is 0 Å². The van der Waals surface area contributed by atoms with Gasteiger partial charge in [-0.1, -0.05) is 11.6 Å². The monoisotopic (exact) mass is 248 g/mol. The molecule has 0 amide bonds. The zero-order chi connectivity index (χ0) is 9.80. The summed E-state index contributed by atoms with van der Waals surface area (Å²) < 4.78 is 0.778. The van der Waals surface area contributed by atoms with Crippen molar-refractivity contribution in [1.82, 2.24) is 10.3 Å². The first-order valence-corrected chi connectivity index (χ1v) is 7.11. The molecule has 1 unspecified atom stereocenters. The highest BCUT2D eigenvalue weighted by atomic mass is 35.5. The molecule has 1 aromatic heterocycles. The van der Waals surface area contributed by atoms with Gasteiger partial charge in [-0.15, -0.1) is 11.3 Å². The number of hydrogen-bond acceptors (Lipinski definition) is 4. The highest BCUT2D eigenvalue weighted by Crippen LogP contribution is 2.20. The van der Waals surface area contributed by atoms with Gasteiger partial charge in [0.15, 0.2) is 0 Å². The van der Waals surface area contributed by atoms with Crippen LogP contribution in [0.1, 0.15) is 17.8 Å². The van der Waals surface area contributed by atoms with Gasteiger partial charge in [0.05, 0.1) is 6.20 Å². The minimum absolute atomic E-state index is 0.663. The highest BCUT2D eigenvalue weighted by molar-refractivity contribution is 7.99. The quantitative estimate of drug-likeness (QED) is 0.891. The topological polar surface area (TPSA) is 24.9 Å². The van der Waals surface area contributed by atoms with Gasteiger partial charge >= 0.3 is 0 Å². The van der Waals surface area contributed by atoms with Crippen molar-refractivity contribution >= 4 is 34.7 Å². The molecule has 78 valence electrons. The fourth-order valence-corrected chi connectivity index (χ4v) is 3.52. The summed E-state index contributed by atoms with van der Waals surface area (Å²) in [7, 11) is 0. The Bertz CT molecular complexity index is 284. The molecule has 0 spiro atoms. The summed E-state index contributed by atoms with van der Waals surface area (Å²) in [5.41, 5.74) is 0. The van der Waals surface area contributed by atoms with Crippen LogP contribution < -0.4 is 5.32 Å². The minimum Gasteiger partial charge on any atom is -0.307 e. The van der Waals surface area contributed by atoms with Crippen molar-refractivity contribution < 1.29 is 0 Å². The van der Waals surface area contributed by atoms with E-state index in [1.807, 2.05) is 11.8 Å². The maximum absolute atomic E-state index is 5.81. The van der Waals surface area contributed by atoms with Crippen LogP contribution in [-0.4, -0.2) is 22.5 Å². The predicted molar refractivity (Wildman–Crippen MR) is 64.3 cm³/mol. The maximum Gasteiger partial charge on any atom is 0.113 e. The Labute approximate surface area is 97.5 Å². The lowest BCUT2D eigenvalue weighted by Crippen LogP contribution is -2.33. The van der Waals surface area contributed by atoms with Crippen LogP contribution in [0.3, 0.4) is 0 Å². The summed E-state index contributed by atoms with van der Waals surface area (Å²) in [5, 5.41) is 4.61. The van der Waals surface area contributed by atoms with E-state index in [0.717, 1.165) is 15.9 Å². The molecule has 1 fully saturated rings. The number of thioether (sulfide) groups is 1. The third-order valence-corrected chi connectivity index (χ3v) is 4.56. The van der Waals surface area contributed by atoms with Crippen molar-refractivity contribution in [2.45, 2.75) is 25.4 Å². The van der Waals surface area contributed by atoms with Crippen LogP contribution in [0.4, 0.5) is 0 Å². The van der Waals surface area contributed by atoms with Crippen LogP contribution in [0.15, 0.2) is 6.20 Å². The normalized spacial score (nSPS) is 22.5. The predicted octanol–water partition coefficient (Wildman–Crippen LogP) is 2.78. The lowest BCUT2D eigenvalue weighted by Gasteiger charge is -2.21. The Morgan fingerprint density at radius 1 is 1.64 bits per heavy atom. The second-order valence-electron chi connectivity index (χ2n) is 3.35. The molecule has 0 bridgehead atoms. The molecule has 0 radical (unpaired) electrons. The van der Waals surface area contributed by atoms with Gasteiger partial charge in [0, 0.05) is 18.3 Å². The summed E-state index contributed by atoms with van der Waals surface area (Å²) >= 11 is 9.41. The average molecular weight is 249 g/mol. The largest absolute Gasteiger partial charge is 0.307 e. The van der Waals surface area contributed by atoms with E-state index >= 15 is 0 Å². The Morgan fingerprint density at radius 3 is 3.21 bits per heavy atom. The lowest BCUT2D eigenvalue weighted by atomic mass is 10.2. The number of nitrogens with one attached hydrogen (secondary N) is 1. The molecule has 1 aliphatic heterocycles. The number of thiazole rings is 1. The summed E-state index contributed by atoms with van der Waals surface area (Å²) in [6.07, 6.45) is 4.35. The van der Waals surface area contributed by atoms with E-state index in [-0.39, 0.29) is 0 Å². The standard InChI is InChI=1S/C9H13ClN2S2/c10-8-4-12-9(14-8)5-11-7-2-1-3-13-6-7/h4,7,11H,1-3,5-6H2. The fraction of sp³-hybridized carbons (Fsp3) is 0.667. The van der Waals surface area contributed by atoms with Crippen molar-refractivity contribution in [3.05, 3.63) is 15.5 Å². The summed E-state index contributed by atoms with van der Waals surface area (Å²) in [4.78, 5) is 4.22. The number of halogens is 1. The van der Waals surface area contributed by atoms with Gasteiger partial charge in [0.25, 0.3) is 0 Å². The van der Waals surface area contributed by atoms with Gasteiger partial charge in [0.2, 0.25) is 0 Å². The second-order valence-corrected chi connectivity index (χ2v) is 6.25. The Balaban J connectivity index is 1.76. The van der Waals surface area contributed by atoms with Crippen LogP contribution in [-0.2, 0) is 6.54 Å². The van der Waals surface area contributed by atoms with E-state index in [1.54, 1.807) is 17.5 Å². The second kappa shape index (κ2) is 5.35. The first-order valence-electron chi connectivity index (χ1n) is 4.76. The van der Waals surface area contributed by atoms with E-state index in [1.165, 1.54) is 24.3 Å².